The zero-order chi connectivity index (χ0) is 17.7. The first-order valence-corrected chi connectivity index (χ1v) is 7.37. The highest BCUT2D eigenvalue weighted by Gasteiger charge is 2.28. The van der Waals surface area contributed by atoms with Crippen LogP contribution in [0.2, 0.25) is 0 Å². The summed E-state index contributed by atoms with van der Waals surface area (Å²) in [5.41, 5.74) is 0.0795. The van der Waals surface area contributed by atoms with Gasteiger partial charge in [0.1, 0.15) is 5.75 Å². The van der Waals surface area contributed by atoms with Crippen LogP contribution in [0.3, 0.4) is 0 Å². The van der Waals surface area contributed by atoms with Crippen molar-refractivity contribution < 1.29 is 28.7 Å². The normalized spacial score (nSPS) is 17.8. The van der Waals surface area contributed by atoms with E-state index in [0.717, 1.165) is 6.42 Å². The van der Waals surface area contributed by atoms with Crippen LogP contribution in [0, 0.1) is 10.1 Å². The molecule has 1 aliphatic rings. The third-order valence-corrected chi connectivity index (χ3v) is 3.51. The highest BCUT2D eigenvalue weighted by molar-refractivity contribution is 5.96. The van der Waals surface area contributed by atoms with E-state index in [2.05, 4.69) is 5.32 Å². The van der Waals surface area contributed by atoms with E-state index < -0.39 is 29.0 Å². The topological polar surface area (TPSA) is 117 Å². The lowest BCUT2D eigenvalue weighted by Crippen LogP contribution is -2.34. The molecule has 1 aliphatic heterocycles. The minimum atomic E-state index is -1.04. The number of carbonyl (C=O) groups excluding carboxylic acids is 2. The molecule has 130 valence electrons. The lowest BCUT2D eigenvalue weighted by atomic mass is 10.2. The third kappa shape index (κ3) is 4.19. The average Bonchev–Trinajstić information content (AvgIpc) is 3.09. The molecule has 9 nitrogen and oxygen atoms in total. The summed E-state index contributed by atoms with van der Waals surface area (Å²) in [6.45, 7) is 1.93. The first-order chi connectivity index (χ1) is 11.4. The Morgan fingerprint density at radius 2 is 2.21 bits per heavy atom. The molecular weight excluding hydrogens is 320 g/mol. The lowest BCUT2D eigenvalue weighted by molar-refractivity contribution is -0.384. The highest BCUT2D eigenvalue weighted by Crippen LogP contribution is 2.29. The van der Waals surface area contributed by atoms with Crippen LogP contribution in [0.5, 0.6) is 5.75 Å². The van der Waals surface area contributed by atoms with Gasteiger partial charge in [0.25, 0.3) is 11.6 Å². The Morgan fingerprint density at radius 3 is 2.79 bits per heavy atom. The van der Waals surface area contributed by atoms with Gasteiger partial charge in [0.2, 0.25) is 0 Å². The van der Waals surface area contributed by atoms with Gasteiger partial charge in [-0.15, -0.1) is 0 Å². The number of methoxy groups -OCH3 is 1. The lowest BCUT2D eigenvalue weighted by Gasteiger charge is -2.16. The van der Waals surface area contributed by atoms with Crippen LogP contribution in [0.1, 0.15) is 19.8 Å². The van der Waals surface area contributed by atoms with E-state index in [4.69, 9.17) is 14.2 Å². The van der Waals surface area contributed by atoms with Crippen molar-refractivity contribution in [3.8, 4) is 5.75 Å². The van der Waals surface area contributed by atoms with Crippen molar-refractivity contribution in [3.05, 3.63) is 28.3 Å². The van der Waals surface area contributed by atoms with E-state index >= 15 is 0 Å². The average molecular weight is 338 g/mol. The fourth-order valence-corrected chi connectivity index (χ4v) is 2.20. The molecule has 1 heterocycles. The Balaban J connectivity index is 2.00. The molecule has 1 amide bonds. The first kappa shape index (κ1) is 17.7. The van der Waals surface area contributed by atoms with Gasteiger partial charge in [-0.25, -0.2) is 4.79 Å². The number of anilines is 1. The molecule has 0 saturated carbocycles. The van der Waals surface area contributed by atoms with Gasteiger partial charge >= 0.3 is 5.97 Å². The number of benzene rings is 1. The summed E-state index contributed by atoms with van der Waals surface area (Å²) in [4.78, 5) is 34.1. The second-order valence-corrected chi connectivity index (χ2v) is 5.21. The van der Waals surface area contributed by atoms with Crippen molar-refractivity contribution in [1.29, 1.82) is 0 Å². The number of non-ortho nitro benzene ring substituents is 1. The molecule has 2 atom stereocenters. The van der Waals surface area contributed by atoms with Crippen LogP contribution in [-0.2, 0) is 19.1 Å². The van der Waals surface area contributed by atoms with Crippen LogP contribution in [0.4, 0.5) is 11.4 Å². The van der Waals surface area contributed by atoms with E-state index in [9.17, 15) is 19.7 Å². The Bertz CT molecular complexity index is 641. The minimum Gasteiger partial charge on any atom is -0.494 e. The molecule has 1 N–H and O–H groups in total. The van der Waals surface area contributed by atoms with Gasteiger partial charge < -0.3 is 19.5 Å². The van der Waals surface area contributed by atoms with E-state index in [1.165, 1.54) is 32.2 Å². The van der Waals surface area contributed by atoms with Crippen molar-refractivity contribution in [2.24, 2.45) is 0 Å². The van der Waals surface area contributed by atoms with Crippen LogP contribution < -0.4 is 10.1 Å². The van der Waals surface area contributed by atoms with Crippen molar-refractivity contribution in [2.45, 2.75) is 32.0 Å². The molecule has 2 rings (SSSR count). The summed E-state index contributed by atoms with van der Waals surface area (Å²) in [6, 6.07) is 3.78. The van der Waals surface area contributed by atoms with Crippen molar-refractivity contribution in [3.63, 3.8) is 0 Å². The first-order valence-electron chi connectivity index (χ1n) is 7.37. The van der Waals surface area contributed by atoms with Gasteiger partial charge in [-0.3, -0.25) is 14.9 Å². The maximum Gasteiger partial charge on any atom is 0.336 e. The second-order valence-electron chi connectivity index (χ2n) is 5.21. The highest BCUT2D eigenvalue weighted by atomic mass is 16.6. The maximum absolute atomic E-state index is 12.1. The fourth-order valence-electron chi connectivity index (χ4n) is 2.20. The molecule has 9 heteroatoms. The molecular formula is C15H18N2O7. The van der Waals surface area contributed by atoms with Gasteiger partial charge in [-0.1, -0.05) is 0 Å². The Labute approximate surface area is 138 Å². The van der Waals surface area contributed by atoms with Crippen molar-refractivity contribution in [1.82, 2.24) is 0 Å². The molecule has 0 spiro atoms. The third-order valence-electron chi connectivity index (χ3n) is 3.51. The number of ether oxygens (including phenoxy) is 3. The second kappa shape index (κ2) is 7.73. The minimum absolute atomic E-state index is 0.134. The molecule has 0 bridgehead atoms. The summed E-state index contributed by atoms with van der Waals surface area (Å²) in [5.74, 6) is -1.02. The quantitative estimate of drug-likeness (QED) is 0.476. The number of hydrogen-bond acceptors (Lipinski definition) is 7. The van der Waals surface area contributed by atoms with Crippen LogP contribution in [0.25, 0.3) is 0 Å². The van der Waals surface area contributed by atoms with E-state index in [1.807, 2.05) is 0 Å². The number of carbonyl (C=O) groups is 2. The van der Waals surface area contributed by atoms with Crippen LogP contribution in [-0.4, -0.2) is 42.7 Å². The van der Waals surface area contributed by atoms with Gasteiger partial charge in [0.15, 0.2) is 12.2 Å². The summed E-state index contributed by atoms with van der Waals surface area (Å²) in [7, 11) is 1.33. The van der Waals surface area contributed by atoms with Gasteiger partial charge in [-0.2, -0.15) is 0 Å². The Kier molecular flexibility index (Phi) is 5.69. The monoisotopic (exact) mass is 338 g/mol. The summed E-state index contributed by atoms with van der Waals surface area (Å²) in [6.07, 6.45) is -0.320. The molecule has 24 heavy (non-hydrogen) atoms. The zero-order valence-electron chi connectivity index (χ0n) is 13.3. The van der Waals surface area contributed by atoms with Crippen molar-refractivity contribution in [2.75, 3.05) is 19.0 Å². The number of esters is 1. The van der Waals surface area contributed by atoms with Gasteiger partial charge in [0.05, 0.1) is 23.8 Å². The van der Waals surface area contributed by atoms with Crippen LogP contribution in [0.15, 0.2) is 18.2 Å². The molecule has 1 fully saturated rings. The number of hydrogen-bond donors (Lipinski definition) is 1. The SMILES string of the molecule is COc1cc([N+](=O)[O-])ccc1NC(=O)[C@H](C)OC(=O)[C@@H]1CCCO1. The Hall–Kier alpha value is -2.68. The number of nitro benzene ring substituents is 1. The number of nitrogens with zero attached hydrogens (tertiary/aromatic N) is 1. The zero-order valence-corrected chi connectivity index (χ0v) is 13.3. The smallest absolute Gasteiger partial charge is 0.336 e. The number of rotatable bonds is 6. The molecule has 1 saturated heterocycles. The van der Waals surface area contributed by atoms with E-state index in [1.54, 1.807) is 0 Å². The molecule has 1 aromatic carbocycles. The van der Waals surface area contributed by atoms with Crippen LogP contribution >= 0.6 is 0 Å². The summed E-state index contributed by atoms with van der Waals surface area (Å²) >= 11 is 0. The molecule has 0 unspecified atom stereocenters. The molecule has 1 aromatic rings. The van der Waals surface area contributed by atoms with E-state index in [0.29, 0.717) is 13.0 Å². The van der Waals surface area contributed by atoms with Gasteiger partial charge in [-0.05, 0) is 25.8 Å². The standard InChI is InChI=1S/C15H18N2O7/c1-9(24-15(19)12-4-3-7-23-12)14(18)16-11-6-5-10(17(20)21)8-13(11)22-2/h5-6,8-9,12H,3-4,7H2,1-2H3,(H,16,18)/t9-,12-/m0/s1. The molecule has 0 aromatic heterocycles. The predicted molar refractivity (Wildman–Crippen MR) is 82.8 cm³/mol. The number of amides is 1. The predicted octanol–water partition coefficient (Wildman–Crippen LogP) is 1.65. The Morgan fingerprint density at radius 1 is 1.46 bits per heavy atom. The largest absolute Gasteiger partial charge is 0.494 e. The number of nitrogens with one attached hydrogen (secondary N) is 1. The van der Waals surface area contributed by atoms with E-state index in [-0.39, 0.29) is 17.1 Å². The summed E-state index contributed by atoms with van der Waals surface area (Å²) in [5, 5.41) is 13.3. The fraction of sp³-hybridized carbons (Fsp3) is 0.467. The summed E-state index contributed by atoms with van der Waals surface area (Å²) < 4.78 is 15.3. The maximum atomic E-state index is 12.1. The van der Waals surface area contributed by atoms with Crippen molar-refractivity contribution >= 4 is 23.3 Å². The molecule has 0 radical (unpaired) electrons. The molecule has 0 aliphatic carbocycles. The van der Waals surface area contributed by atoms with Gasteiger partial charge in [0, 0.05) is 12.7 Å². The number of nitro groups is 1.